The first-order valence-corrected chi connectivity index (χ1v) is 10.5. The number of fused-ring (bicyclic) bond motifs is 1. The molecule has 2 aromatic carbocycles. The average molecular weight is 396 g/mol. The van der Waals surface area contributed by atoms with Crippen molar-refractivity contribution < 1.29 is 9.13 Å². The number of hydrogen-bond acceptors (Lipinski definition) is 3. The number of para-hydroxylation sites is 1. The van der Waals surface area contributed by atoms with Gasteiger partial charge < -0.3 is 14.6 Å². The molecule has 0 spiro atoms. The van der Waals surface area contributed by atoms with E-state index in [1.807, 2.05) is 37.3 Å². The highest BCUT2D eigenvalue weighted by Gasteiger charge is 2.34. The van der Waals surface area contributed by atoms with E-state index in [9.17, 15) is 4.39 Å². The van der Waals surface area contributed by atoms with Gasteiger partial charge in [-0.1, -0.05) is 26.8 Å². The first-order valence-electron chi connectivity index (χ1n) is 10.5. The number of rotatable bonds is 5. The Kier molecular flexibility index (Phi) is 5.24. The Morgan fingerprint density at radius 3 is 2.62 bits per heavy atom. The van der Waals surface area contributed by atoms with Crippen LogP contribution in [0.25, 0.3) is 11.0 Å². The van der Waals surface area contributed by atoms with Crippen molar-refractivity contribution in [3.63, 3.8) is 0 Å². The Hall–Kier alpha value is -2.56. The standard InChI is InChI=1S/C24H30FN3O/c1-5-29-19-11-9-17(10-12-19)26-23-27-22-20(25)7-6-8-21(22)28(23)18-13-16(2)14-24(3,4)15-18/h6-12,16,18H,5,13-15H2,1-4H3,(H,26,27)/t16-,18+/m1/s1. The molecule has 1 aliphatic carbocycles. The van der Waals surface area contributed by atoms with Gasteiger partial charge >= 0.3 is 0 Å². The van der Waals surface area contributed by atoms with Crippen LogP contribution in [0.2, 0.25) is 0 Å². The van der Waals surface area contributed by atoms with Gasteiger partial charge in [-0.15, -0.1) is 0 Å². The van der Waals surface area contributed by atoms with Gasteiger partial charge in [0.2, 0.25) is 5.95 Å². The van der Waals surface area contributed by atoms with E-state index in [2.05, 4.69) is 35.6 Å². The molecule has 1 aliphatic rings. The number of hydrogen-bond donors (Lipinski definition) is 1. The Bertz CT molecular complexity index is 993. The molecule has 5 heteroatoms. The zero-order chi connectivity index (χ0) is 20.6. The van der Waals surface area contributed by atoms with Crippen LogP contribution in [-0.2, 0) is 0 Å². The Labute approximate surface area is 172 Å². The second kappa shape index (κ2) is 7.69. The van der Waals surface area contributed by atoms with Gasteiger partial charge in [-0.2, -0.15) is 0 Å². The predicted octanol–water partition coefficient (Wildman–Crippen LogP) is 6.71. The maximum absolute atomic E-state index is 14.5. The largest absolute Gasteiger partial charge is 0.494 e. The maximum atomic E-state index is 14.5. The fourth-order valence-electron chi connectivity index (χ4n) is 4.96. The lowest BCUT2D eigenvalue weighted by molar-refractivity contribution is 0.140. The van der Waals surface area contributed by atoms with E-state index in [-0.39, 0.29) is 17.3 Å². The van der Waals surface area contributed by atoms with E-state index in [1.165, 1.54) is 12.5 Å². The third kappa shape index (κ3) is 4.09. The highest BCUT2D eigenvalue weighted by Crippen LogP contribution is 2.46. The minimum Gasteiger partial charge on any atom is -0.494 e. The van der Waals surface area contributed by atoms with Gasteiger partial charge in [0.1, 0.15) is 11.3 Å². The molecule has 0 radical (unpaired) electrons. The quantitative estimate of drug-likeness (QED) is 0.522. The molecule has 0 amide bonds. The fourth-order valence-corrected chi connectivity index (χ4v) is 4.96. The van der Waals surface area contributed by atoms with Crippen molar-refractivity contribution in [3.05, 3.63) is 48.3 Å². The lowest BCUT2D eigenvalue weighted by atomic mass is 9.70. The number of nitrogens with zero attached hydrogens (tertiary/aromatic N) is 2. The van der Waals surface area contributed by atoms with Crippen LogP contribution >= 0.6 is 0 Å². The summed E-state index contributed by atoms with van der Waals surface area (Å²) < 4.78 is 22.3. The number of benzene rings is 2. The van der Waals surface area contributed by atoms with E-state index in [0.29, 0.717) is 24.0 Å². The topological polar surface area (TPSA) is 39.1 Å². The highest BCUT2D eigenvalue weighted by molar-refractivity contribution is 5.80. The molecule has 1 fully saturated rings. The first-order chi connectivity index (χ1) is 13.9. The highest BCUT2D eigenvalue weighted by atomic mass is 19.1. The molecular formula is C24H30FN3O. The van der Waals surface area contributed by atoms with Gasteiger partial charge in [-0.25, -0.2) is 9.37 Å². The normalized spacial score (nSPS) is 21.3. The van der Waals surface area contributed by atoms with Crippen LogP contribution in [-0.4, -0.2) is 16.2 Å². The van der Waals surface area contributed by atoms with Crippen molar-refractivity contribution in [1.29, 1.82) is 0 Å². The molecule has 4 nitrogen and oxygen atoms in total. The summed E-state index contributed by atoms with van der Waals surface area (Å²) in [5, 5.41) is 3.43. The zero-order valence-electron chi connectivity index (χ0n) is 17.7. The number of imidazole rings is 1. The number of ether oxygens (including phenoxy) is 1. The molecule has 1 saturated carbocycles. The van der Waals surface area contributed by atoms with Gasteiger partial charge in [0.25, 0.3) is 0 Å². The third-order valence-electron chi connectivity index (χ3n) is 5.82. The molecule has 1 aromatic heterocycles. The van der Waals surface area contributed by atoms with Crippen molar-refractivity contribution in [1.82, 2.24) is 9.55 Å². The van der Waals surface area contributed by atoms with Crippen LogP contribution in [0.3, 0.4) is 0 Å². The summed E-state index contributed by atoms with van der Waals surface area (Å²) in [6.07, 6.45) is 3.34. The summed E-state index contributed by atoms with van der Waals surface area (Å²) in [4.78, 5) is 4.66. The van der Waals surface area contributed by atoms with Crippen LogP contribution in [0.5, 0.6) is 5.75 Å². The van der Waals surface area contributed by atoms with Crippen LogP contribution in [0, 0.1) is 17.2 Å². The Morgan fingerprint density at radius 2 is 1.93 bits per heavy atom. The fraction of sp³-hybridized carbons (Fsp3) is 0.458. The molecule has 0 aliphatic heterocycles. The van der Waals surface area contributed by atoms with E-state index < -0.39 is 0 Å². The predicted molar refractivity (Wildman–Crippen MR) is 116 cm³/mol. The second-order valence-electron chi connectivity index (χ2n) is 9.06. The maximum Gasteiger partial charge on any atom is 0.208 e. The summed E-state index contributed by atoms with van der Waals surface area (Å²) in [6.45, 7) is 9.57. The smallest absolute Gasteiger partial charge is 0.208 e. The van der Waals surface area contributed by atoms with E-state index in [1.54, 1.807) is 6.07 Å². The number of anilines is 2. The van der Waals surface area contributed by atoms with Gasteiger partial charge in [-0.3, -0.25) is 0 Å². The van der Waals surface area contributed by atoms with Crippen molar-refractivity contribution >= 4 is 22.7 Å². The summed E-state index contributed by atoms with van der Waals surface area (Å²) >= 11 is 0. The monoisotopic (exact) mass is 395 g/mol. The van der Waals surface area contributed by atoms with Crippen LogP contribution < -0.4 is 10.1 Å². The molecular weight excluding hydrogens is 365 g/mol. The summed E-state index contributed by atoms with van der Waals surface area (Å²) in [7, 11) is 0. The lowest BCUT2D eigenvalue weighted by Gasteiger charge is -2.40. The second-order valence-corrected chi connectivity index (χ2v) is 9.06. The molecule has 1 heterocycles. The minimum absolute atomic E-state index is 0.253. The van der Waals surface area contributed by atoms with Crippen molar-refractivity contribution in [2.75, 3.05) is 11.9 Å². The van der Waals surface area contributed by atoms with Crippen molar-refractivity contribution in [2.24, 2.45) is 11.3 Å². The molecule has 0 bridgehead atoms. The SMILES string of the molecule is CCOc1ccc(Nc2nc3c(F)cccc3n2[C@H]2C[C@@H](C)CC(C)(C)C2)cc1. The molecule has 4 rings (SSSR count). The van der Waals surface area contributed by atoms with Crippen LogP contribution in [0.1, 0.15) is 53.0 Å². The molecule has 0 unspecified atom stereocenters. The number of aromatic nitrogens is 2. The lowest BCUT2D eigenvalue weighted by Crippen LogP contribution is -2.29. The average Bonchev–Trinajstić information content (AvgIpc) is 3.01. The molecule has 3 aromatic rings. The van der Waals surface area contributed by atoms with Gasteiger partial charge in [-0.05, 0) is 73.9 Å². The first kappa shape index (κ1) is 19.7. The number of halogens is 1. The molecule has 2 atom stereocenters. The number of nitrogens with one attached hydrogen (secondary N) is 1. The van der Waals surface area contributed by atoms with Gasteiger partial charge in [0.15, 0.2) is 5.82 Å². The van der Waals surface area contributed by atoms with E-state index in [4.69, 9.17) is 4.74 Å². The third-order valence-corrected chi connectivity index (χ3v) is 5.82. The molecule has 1 N–H and O–H groups in total. The minimum atomic E-state index is -0.279. The summed E-state index contributed by atoms with van der Waals surface area (Å²) in [5.41, 5.74) is 2.45. The molecule has 29 heavy (non-hydrogen) atoms. The van der Waals surface area contributed by atoms with E-state index in [0.717, 1.165) is 29.8 Å². The van der Waals surface area contributed by atoms with E-state index >= 15 is 0 Å². The summed E-state index contributed by atoms with van der Waals surface area (Å²) in [6, 6.07) is 13.3. The van der Waals surface area contributed by atoms with Crippen molar-refractivity contribution in [3.8, 4) is 5.75 Å². The Balaban J connectivity index is 1.75. The van der Waals surface area contributed by atoms with Crippen molar-refractivity contribution in [2.45, 2.75) is 53.0 Å². The zero-order valence-corrected chi connectivity index (χ0v) is 17.7. The van der Waals surface area contributed by atoms with Gasteiger partial charge in [0.05, 0.1) is 12.1 Å². The van der Waals surface area contributed by atoms with Crippen LogP contribution in [0.15, 0.2) is 42.5 Å². The van der Waals surface area contributed by atoms with Crippen LogP contribution in [0.4, 0.5) is 16.0 Å². The van der Waals surface area contributed by atoms with Gasteiger partial charge in [0, 0.05) is 11.7 Å². The summed E-state index contributed by atoms with van der Waals surface area (Å²) in [5.74, 6) is 1.87. The molecule has 0 saturated heterocycles. The molecule has 154 valence electrons. The Morgan fingerprint density at radius 1 is 1.17 bits per heavy atom.